The molecule has 29 heavy (non-hydrogen) atoms. The number of benzene rings is 2. The minimum Gasteiger partial charge on any atom is -0.274 e. The van der Waals surface area contributed by atoms with Gasteiger partial charge < -0.3 is 0 Å². The normalized spacial score (nSPS) is 13.1. The molecule has 0 atom stereocenters. The number of hydrogen-bond acceptors (Lipinski definition) is 3. The van der Waals surface area contributed by atoms with Crippen LogP contribution in [0.25, 0.3) is 11.4 Å². The standard InChI is InChI=1S/C25H27N3O/c1-4-5-6-10-21-20-16-23(29)28(22-11-8-7-9-18(22)3)25(20)27-24(26-21)19-14-12-17(2)13-15-19/h7-9,11-15H,4-6,10,16H2,1-3H3. The van der Waals surface area contributed by atoms with E-state index < -0.39 is 0 Å². The number of para-hydroxylation sites is 1. The molecule has 4 rings (SSSR count). The Labute approximate surface area is 172 Å². The molecule has 0 unspecified atom stereocenters. The molecule has 0 fully saturated rings. The van der Waals surface area contributed by atoms with Crippen molar-refractivity contribution in [3.8, 4) is 11.4 Å². The second-order valence-electron chi connectivity index (χ2n) is 7.81. The summed E-state index contributed by atoms with van der Waals surface area (Å²) >= 11 is 0. The van der Waals surface area contributed by atoms with Crippen LogP contribution < -0.4 is 4.90 Å². The number of hydrogen-bond donors (Lipinski definition) is 0. The number of aryl methyl sites for hydroxylation is 3. The lowest BCUT2D eigenvalue weighted by Crippen LogP contribution is -2.22. The molecule has 0 bridgehead atoms. The molecular weight excluding hydrogens is 358 g/mol. The summed E-state index contributed by atoms with van der Waals surface area (Å²) in [4.78, 5) is 24.6. The molecule has 0 N–H and O–H groups in total. The third-order valence-electron chi connectivity index (χ3n) is 5.54. The number of amides is 1. The minimum atomic E-state index is 0.0707. The minimum absolute atomic E-state index is 0.0707. The van der Waals surface area contributed by atoms with E-state index in [1.54, 1.807) is 4.90 Å². The topological polar surface area (TPSA) is 46.1 Å². The van der Waals surface area contributed by atoms with Crippen molar-refractivity contribution in [2.75, 3.05) is 4.90 Å². The molecule has 1 aromatic heterocycles. The molecule has 1 amide bonds. The number of rotatable bonds is 6. The van der Waals surface area contributed by atoms with Gasteiger partial charge in [0.1, 0.15) is 5.82 Å². The molecule has 4 heteroatoms. The third-order valence-corrected chi connectivity index (χ3v) is 5.54. The van der Waals surface area contributed by atoms with Crippen LogP contribution in [0.4, 0.5) is 11.5 Å². The number of carbonyl (C=O) groups is 1. The molecule has 2 aromatic carbocycles. The Morgan fingerprint density at radius 1 is 0.966 bits per heavy atom. The lowest BCUT2D eigenvalue weighted by Gasteiger charge is -2.20. The number of unbranched alkanes of at least 4 members (excludes halogenated alkanes) is 2. The maximum absolute atomic E-state index is 13.0. The van der Waals surface area contributed by atoms with Crippen molar-refractivity contribution in [2.45, 2.75) is 52.9 Å². The van der Waals surface area contributed by atoms with E-state index >= 15 is 0 Å². The van der Waals surface area contributed by atoms with E-state index in [4.69, 9.17) is 9.97 Å². The molecule has 4 nitrogen and oxygen atoms in total. The van der Waals surface area contributed by atoms with Crippen LogP contribution in [0.15, 0.2) is 48.5 Å². The van der Waals surface area contributed by atoms with Crippen molar-refractivity contribution >= 4 is 17.4 Å². The molecule has 1 aliphatic rings. The number of aromatic nitrogens is 2. The molecule has 0 saturated carbocycles. The first-order chi connectivity index (χ1) is 14.1. The van der Waals surface area contributed by atoms with Gasteiger partial charge >= 0.3 is 0 Å². The molecule has 3 aromatic rings. The molecule has 0 aliphatic carbocycles. The van der Waals surface area contributed by atoms with Crippen LogP contribution in [0, 0.1) is 13.8 Å². The second kappa shape index (κ2) is 8.16. The summed E-state index contributed by atoms with van der Waals surface area (Å²) in [6, 6.07) is 16.3. The van der Waals surface area contributed by atoms with Crippen LogP contribution in [0.5, 0.6) is 0 Å². The fourth-order valence-electron chi connectivity index (χ4n) is 3.88. The monoisotopic (exact) mass is 385 g/mol. The smallest absolute Gasteiger partial charge is 0.237 e. The third kappa shape index (κ3) is 3.80. The lowest BCUT2D eigenvalue weighted by molar-refractivity contribution is -0.116. The number of fused-ring (bicyclic) bond motifs is 1. The Balaban J connectivity index is 1.84. The highest BCUT2D eigenvalue weighted by Crippen LogP contribution is 2.38. The first kappa shape index (κ1) is 19.3. The maximum atomic E-state index is 13.0. The Bertz CT molecular complexity index is 1040. The van der Waals surface area contributed by atoms with E-state index in [1.807, 2.05) is 31.2 Å². The van der Waals surface area contributed by atoms with Gasteiger partial charge in [0.2, 0.25) is 5.91 Å². The van der Waals surface area contributed by atoms with Gasteiger partial charge in [-0.3, -0.25) is 9.69 Å². The van der Waals surface area contributed by atoms with Crippen molar-refractivity contribution in [3.63, 3.8) is 0 Å². The molecule has 1 aliphatic heterocycles. The zero-order valence-corrected chi connectivity index (χ0v) is 17.4. The Hall–Kier alpha value is -3.01. The van der Waals surface area contributed by atoms with Crippen LogP contribution in [-0.2, 0) is 17.6 Å². The predicted molar refractivity (Wildman–Crippen MR) is 117 cm³/mol. The predicted octanol–water partition coefficient (Wildman–Crippen LogP) is 5.71. The summed E-state index contributed by atoms with van der Waals surface area (Å²) in [5.74, 6) is 1.52. The van der Waals surface area contributed by atoms with E-state index in [0.29, 0.717) is 12.2 Å². The van der Waals surface area contributed by atoms with Gasteiger partial charge in [-0.15, -0.1) is 0 Å². The number of nitrogens with zero attached hydrogens (tertiary/aromatic N) is 3. The van der Waals surface area contributed by atoms with Crippen molar-refractivity contribution < 1.29 is 4.79 Å². The quantitative estimate of drug-likeness (QED) is 0.510. The van der Waals surface area contributed by atoms with Crippen molar-refractivity contribution in [1.82, 2.24) is 9.97 Å². The highest BCUT2D eigenvalue weighted by Gasteiger charge is 2.34. The van der Waals surface area contributed by atoms with Gasteiger partial charge in [0.25, 0.3) is 0 Å². The average molecular weight is 386 g/mol. The van der Waals surface area contributed by atoms with E-state index in [9.17, 15) is 4.79 Å². The average Bonchev–Trinajstić information content (AvgIpc) is 3.05. The Morgan fingerprint density at radius 3 is 2.45 bits per heavy atom. The summed E-state index contributed by atoms with van der Waals surface area (Å²) < 4.78 is 0. The van der Waals surface area contributed by atoms with Gasteiger partial charge in [-0.25, -0.2) is 9.97 Å². The highest BCUT2D eigenvalue weighted by atomic mass is 16.2. The maximum Gasteiger partial charge on any atom is 0.237 e. The first-order valence-corrected chi connectivity index (χ1v) is 10.4. The summed E-state index contributed by atoms with van der Waals surface area (Å²) in [5, 5.41) is 0. The lowest BCUT2D eigenvalue weighted by atomic mass is 10.1. The fraction of sp³-hybridized carbons (Fsp3) is 0.320. The molecule has 0 radical (unpaired) electrons. The van der Waals surface area contributed by atoms with Gasteiger partial charge in [0.15, 0.2) is 5.82 Å². The van der Waals surface area contributed by atoms with Crippen molar-refractivity contribution in [2.24, 2.45) is 0 Å². The molecule has 0 saturated heterocycles. The Kier molecular flexibility index (Phi) is 5.43. The van der Waals surface area contributed by atoms with Crippen LogP contribution in [-0.4, -0.2) is 15.9 Å². The molecule has 148 valence electrons. The van der Waals surface area contributed by atoms with Crippen LogP contribution in [0.2, 0.25) is 0 Å². The van der Waals surface area contributed by atoms with Gasteiger partial charge in [0, 0.05) is 11.1 Å². The van der Waals surface area contributed by atoms with E-state index in [1.165, 1.54) is 5.56 Å². The zero-order chi connectivity index (χ0) is 20.4. The zero-order valence-electron chi connectivity index (χ0n) is 17.4. The van der Waals surface area contributed by atoms with Crippen LogP contribution in [0.3, 0.4) is 0 Å². The van der Waals surface area contributed by atoms with E-state index in [2.05, 4.69) is 38.1 Å². The first-order valence-electron chi connectivity index (χ1n) is 10.4. The summed E-state index contributed by atoms with van der Waals surface area (Å²) in [7, 11) is 0. The van der Waals surface area contributed by atoms with Crippen LogP contribution in [0.1, 0.15) is 48.6 Å². The number of anilines is 2. The van der Waals surface area contributed by atoms with Gasteiger partial charge in [0.05, 0.1) is 17.8 Å². The number of carbonyl (C=O) groups excluding carboxylic acids is 1. The highest BCUT2D eigenvalue weighted by molar-refractivity contribution is 6.07. The van der Waals surface area contributed by atoms with Crippen molar-refractivity contribution in [1.29, 1.82) is 0 Å². The SMILES string of the molecule is CCCCCc1nc(-c2ccc(C)cc2)nc2c1CC(=O)N2c1ccccc1C. The fourth-order valence-corrected chi connectivity index (χ4v) is 3.88. The summed E-state index contributed by atoms with van der Waals surface area (Å²) in [6.45, 7) is 6.30. The molecular formula is C25H27N3O. The molecule has 2 heterocycles. The van der Waals surface area contributed by atoms with E-state index in [-0.39, 0.29) is 5.91 Å². The van der Waals surface area contributed by atoms with Gasteiger partial charge in [-0.05, 0) is 38.3 Å². The largest absolute Gasteiger partial charge is 0.274 e. The van der Waals surface area contributed by atoms with Crippen molar-refractivity contribution in [3.05, 3.63) is 70.9 Å². The van der Waals surface area contributed by atoms with Gasteiger partial charge in [-0.1, -0.05) is 67.8 Å². The molecule has 0 spiro atoms. The van der Waals surface area contributed by atoms with E-state index in [0.717, 1.165) is 59.6 Å². The summed E-state index contributed by atoms with van der Waals surface area (Å²) in [6.07, 6.45) is 4.65. The second-order valence-corrected chi connectivity index (χ2v) is 7.81. The van der Waals surface area contributed by atoms with Crippen LogP contribution >= 0.6 is 0 Å². The van der Waals surface area contributed by atoms with Gasteiger partial charge in [-0.2, -0.15) is 0 Å². The summed E-state index contributed by atoms with van der Waals surface area (Å²) in [5.41, 5.74) is 6.17. The Morgan fingerprint density at radius 2 is 1.72 bits per heavy atom.